The van der Waals surface area contributed by atoms with Gasteiger partial charge in [0.25, 0.3) is 0 Å². The molecule has 2 aromatic heterocycles. The zero-order valence-electron chi connectivity index (χ0n) is 39.3. The van der Waals surface area contributed by atoms with E-state index in [2.05, 4.69) is 15.0 Å². The minimum absolute atomic E-state index is 0.0169. The molecular weight excluding hydrogens is 1080 g/mol. The lowest BCUT2D eigenvalue weighted by molar-refractivity contribution is -0.144. The van der Waals surface area contributed by atoms with Gasteiger partial charge in [-0.2, -0.15) is 79.0 Å². The molecule has 402 valence electrons. The predicted molar refractivity (Wildman–Crippen MR) is 257 cm³/mol. The van der Waals surface area contributed by atoms with E-state index in [1.807, 2.05) is 0 Å². The average Bonchev–Trinajstić information content (AvgIpc) is 3.46. The Bertz CT molecular complexity index is 3730. The molecule has 0 N–H and O–H groups in total. The zero-order valence-corrected chi connectivity index (χ0v) is 39.3. The first-order chi connectivity index (χ1) is 36.9. The van der Waals surface area contributed by atoms with E-state index in [1.165, 1.54) is 28.8 Å². The number of aromatic nitrogens is 4. The van der Waals surface area contributed by atoms with Gasteiger partial charge in [0, 0.05) is 33.2 Å². The van der Waals surface area contributed by atoms with Crippen molar-refractivity contribution in [3.05, 3.63) is 203 Å². The lowest BCUT2D eigenvalue weighted by atomic mass is 9.92. The molecule has 0 unspecified atom stereocenters. The highest BCUT2D eigenvalue weighted by Gasteiger charge is 2.41. The molecule has 2 heterocycles. The highest BCUT2D eigenvalue weighted by atomic mass is 19.4. The molecule has 0 aliphatic heterocycles. The van der Waals surface area contributed by atoms with E-state index < -0.39 is 92.7 Å². The fraction of sp³-hybridized carbons (Fsp3) is 0.105. The molecule has 8 aromatic carbocycles. The molecule has 0 aliphatic carbocycles. The number of rotatable bonds is 7. The van der Waals surface area contributed by atoms with Crippen LogP contribution < -0.4 is 0 Å². The van der Waals surface area contributed by atoms with Gasteiger partial charge in [0.05, 0.1) is 44.4 Å². The van der Waals surface area contributed by atoms with Crippen molar-refractivity contribution in [3.8, 4) is 73.2 Å². The largest absolute Gasteiger partial charge is 0.417 e. The summed E-state index contributed by atoms with van der Waals surface area (Å²) in [6.45, 7) is 0. The molecule has 4 nitrogen and oxygen atoms in total. The normalized spacial score (nSPS) is 12.9. The standard InChI is InChI=1S/C57H28F18N4/c58-52(59,60)35-13-15-41(46(27-35)57(73,74)75)43-28-40(14-16-42(43)51-77-49(29-7-3-1-4-8-29)76-50(78-51)30-9-5-2-6-10-30)79-47-17-11-31(33-19-36(53(61,62)63)25-37(20-33)54(64,65)66)23-44(47)45-24-32(12-18-48(45)79)34-21-38(55(67,68)69)26-39(22-34)56(70,71)72/h1-28H. The van der Waals surface area contributed by atoms with Crippen molar-refractivity contribution < 1.29 is 79.0 Å². The third-order valence-electron chi connectivity index (χ3n) is 12.8. The Kier molecular flexibility index (Phi) is 12.9. The minimum atomic E-state index is -5.47. The first-order valence-electron chi connectivity index (χ1n) is 22.9. The van der Waals surface area contributed by atoms with Crippen LogP contribution in [0.1, 0.15) is 33.4 Å². The van der Waals surface area contributed by atoms with Crippen LogP contribution in [0.2, 0.25) is 0 Å². The quantitative estimate of drug-likeness (QED) is 0.149. The monoisotopic (exact) mass is 1110 g/mol. The lowest BCUT2D eigenvalue weighted by Crippen LogP contribution is -2.12. The van der Waals surface area contributed by atoms with E-state index in [-0.39, 0.29) is 79.9 Å². The second-order valence-electron chi connectivity index (χ2n) is 17.9. The van der Waals surface area contributed by atoms with Gasteiger partial charge >= 0.3 is 37.1 Å². The lowest BCUT2D eigenvalue weighted by Gasteiger charge is -2.20. The number of halogens is 18. The summed E-state index contributed by atoms with van der Waals surface area (Å²) in [6, 6.07) is 29.3. The van der Waals surface area contributed by atoms with Gasteiger partial charge in [-0.25, -0.2) is 15.0 Å². The van der Waals surface area contributed by atoms with Gasteiger partial charge in [0.15, 0.2) is 17.5 Å². The zero-order chi connectivity index (χ0) is 56.8. The van der Waals surface area contributed by atoms with Crippen molar-refractivity contribution in [1.82, 2.24) is 19.5 Å². The molecule has 0 radical (unpaired) electrons. The van der Waals surface area contributed by atoms with Crippen molar-refractivity contribution in [2.45, 2.75) is 37.1 Å². The molecule has 0 atom stereocenters. The van der Waals surface area contributed by atoms with Crippen molar-refractivity contribution in [2.75, 3.05) is 0 Å². The van der Waals surface area contributed by atoms with E-state index in [0.717, 1.165) is 30.3 Å². The smallest absolute Gasteiger partial charge is 0.309 e. The van der Waals surface area contributed by atoms with Crippen LogP contribution >= 0.6 is 0 Å². The van der Waals surface area contributed by atoms with Gasteiger partial charge in [0.1, 0.15) is 0 Å². The van der Waals surface area contributed by atoms with E-state index in [4.69, 9.17) is 0 Å². The second-order valence-corrected chi connectivity index (χ2v) is 17.9. The number of alkyl halides is 18. The Morgan fingerprint density at radius 3 is 1.05 bits per heavy atom. The summed E-state index contributed by atoms with van der Waals surface area (Å²) < 4.78 is 259. The van der Waals surface area contributed by atoms with Crippen LogP contribution in [0.15, 0.2) is 170 Å². The maximum Gasteiger partial charge on any atom is 0.417 e. The molecule has 0 saturated carbocycles. The number of nitrogens with zero attached hydrogens (tertiary/aromatic N) is 4. The number of hydrogen-bond acceptors (Lipinski definition) is 3. The van der Waals surface area contributed by atoms with Crippen molar-refractivity contribution >= 4 is 21.8 Å². The Labute approximate surface area is 432 Å². The van der Waals surface area contributed by atoms with E-state index >= 15 is 13.2 Å². The molecule has 0 spiro atoms. The van der Waals surface area contributed by atoms with Crippen molar-refractivity contribution in [1.29, 1.82) is 0 Å². The van der Waals surface area contributed by atoms with Crippen LogP contribution in [0, 0.1) is 0 Å². The number of hydrogen-bond donors (Lipinski definition) is 0. The summed E-state index contributed by atoms with van der Waals surface area (Å²) in [7, 11) is 0. The SMILES string of the molecule is FC(F)(F)c1cc(-c2ccc3c(c2)c2cc(-c4cc(C(F)(F)F)cc(C(F)(F)F)c4)ccc2n3-c2ccc(-c3nc(-c4ccccc4)nc(-c4ccccc4)n3)c(-c3ccc(C(F)(F)F)cc3C(F)(F)F)c2)cc(C(F)(F)F)c1. The first kappa shape index (κ1) is 53.7. The van der Waals surface area contributed by atoms with Crippen LogP contribution in [0.3, 0.4) is 0 Å². The molecule has 0 saturated heterocycles. The van der Waals surface area contributed by atoms with E-state index in [0.29, 0.717) is 47.5 Å². The van der Waals surface area contributed by atoms with Gasteiger partial charge in [-0.15, -0.1) is 0 Å². The summed E-state index contributed by atoms with van der Waals surface area (Å²) in [4.78, 5) is 13.8. The summed E-state index contributed by atoms with van der Waals surface area (Å²) >= 11 is 0. The third kappa shape index (κ3) is 10.7. The van der Waals surface area contributed by atoms with Crippen molar-refractivity contribution in [2.24, 2.45) is 0 Å². The van der Waals surface area contributed by atoms with E-state index in [1.54, 1.807) is 60.7 Å². The highest BCUT2D eigenvalue weighted by Crippen LogP contribution is 2.47. The molecule has 0 amide bonds. The Morgan fingerprint density at radius 1 is 0.266 bits per heavy atom. The molecule has 10 rings (SSSR count). The molecule has 0 fully saturated rings. The predicted octanol–water partition coefficient (Wildman–Crippen LogP) is 19.1. The maximum atomic E-state index is 15.3. The number of benzene rings is 8. The fourth-order valence-corrected chi connectivity index (χ4v) is 9.11. The van der Waals surface area contributed by atoms with Gasteiger partial charge in [0.2, 0.25) is 0 Å². The maximum absolute atomic E-state index is 15.3. The van der Waals surface area contributed by atoms with Crippen LogP contribution in [0.5, 0.6) is 0 Å². The topological polar surface area (TPSA) is 43.6 Å². The Balaban J connectivity index is 1.29. The Hall–Kier alpha value is -8.69. The van der Waals surface area contributed by atoms with Crippen molar-refractivity contribution in [3.63, 3.8) is 0 Å². The van der Waals surface area contributed by atoms with Gasteiger partial charge in [-0.3, -0.25) is 0 Å². The van der Waals surface area contributed by atoms with Gasteiger partial charge in [-0.05, 0) is 124 Å². The van der Waals surface area contributed by atoms with Crippen LogP contribution in [-0.4, -0.2) is 19.5 Å². The molecule has 0 bridgehead atoms. The van der Waals surface area contributed by atoms with E-state index in [9.17, 15) is 65.9 Å². The summed E-state index contributed by atoms with van der Waals surface area (Å²) in [5.41, 5.74) is -13.0. The molecular formula is C57H28F18N4. The third-order valence-corrected chi connectivity index (χ3v) is 12.8. The highest BCUT2D eigenvalue weighted by molar-refractivity contribution is 6.12. The summed E-state index contributed by atoms with van der Waals surface area (Å²) in [6.07, 6.45) is -32.0. The van der Waals surface area contributed by atoms with Crippen LogP contribution in [-0.2, 0) is 37.1 Å². The second kappa shape index (κ2) is 19.0. The minimum Gasteiger partial charge on any atom is -0.309 e. The van der Waals surface area contributed by atoms with Gasteiger partial charge in [-0.1, -0.05) is 78.9 Å². The van der Waals surface area contributed by atoms with Gasteiger partial charge < -0.3 is 4.57 Å². The fourth-order valence-electron chi connectivity index (χ4n) is 9.11. The molecule has 22 heteroatoms. The van der Waals surface area contributed by atoms with Crippen LogP contribution in [0.4, 0.5) is 79.0 Å². The molecule has 10 aromatic rings. The molecule has 0 aliphatic rings. The summed E-state index contributed by atoms with van der Waals surface area (Å²) in [5, 5.41) is -0.200. The first-order valence-corrected chi connectivity index (χ1v) is 22.9. The van der Waals surface area contributed by atoms with Crippen LogP contribution in [0.25, 0.3) is 95.0 Å². The molecule has 79 heavy (non-hydrogen) atoms. The number of fused-ring (bicyclic) bond motifs is 3. The average molecular weight is 1110 g/mol. The Morgan fingerprint density at radius 2 is 0.658 bits per heavy atom. The summed E-state index contributed by atoms with van der Waals surface area (Å²) in [5.74, 6) is -0.246.